The molecule has 5 heteroatoms. The van der Waals surface area contributed by atoms with Crippen LogP contribution < -0.4 is 10.1 Å². The average Bonchev–Trinajstić information content (AvgIpc) is 2.48. The Balaban J connectivity index is 1.77. The van der Waals surface area contributed by atoms with Crippen LogP contribution in [-0.2, 0) is 6.42 Å². The van der Waals surface area contributed by atoms with Gasteiger partial charge in [0.1, 0.15) is 18.2 Å². The molecule has 1 aromatic heterocycles. The highest BCUT2D eigenvalue weighted by atomic mass is 19.1. The third-order valence-electron chi connectivity index (χ3n) is 3.85. The lowest BCUT2D eigenvalue weighted by Crippen LogP contribution is -2.46. The second-order valence-corrected chi connectivity index (χ2v) is 5.44. The summed E-state index contributed by atoms with van der Waals surface area (Å²) in [6.45, 7) is 1.61. The molecule has 1 aromatic carbocycles. The summed E-state index contributed by atoms with van der Waals surface area (Å²) in [5, 5.41) is 12.3. The molecule has 0 radical (unpaired) electrons. The lowest BCUT2D eigenvalue weighted by atomic mass is 10.0. The van der Waals surface area contributed by atoms with Crippen LogP contribution in [-0.4, -0.2) is 35.9 Å². The first-order chi connectivity index (χ1) is 10.8. The number of rotatable bonds is 6. The quantitative estimate of drug-likeness (QED) is 0.858. The number of nitrogens with zero attached hydrogens (tertiary/aromatic N) is 1. The first-order valence-corrected chi connectivity index (χ1v) is 7.47. The second kappa shape index (κ2) is 6.85. The van der Waals surface area contributed by atoms with E-state index in [9.17, 15) is 4.39 Å². The Hall–Kier alpha value is -1.98. The van der Waals surface area contributed by atoms with E-state index >= 15 is 0 Å². The molecule has 0 saturated carbocycles. The first-order valence-electron chi connectivity index (χ1n) is 7.47. The van der Waals surface area contributed by atoms with E-state index in [1.807, 2.05) is 6.07 Å². The van der Waals surface area contributed by atoms with Crippen LogP contribution in [0.25, 0.3) is 11.1 Å². The van der Waals surface area contributed by atoms with E-state index in [2.05, 4.69) is 10.3 Å². The minimum atomic E-state index is -0.297. The van der Waals surface area contributed by atoms with E-state index in [0.29, 0.717) is 30.4 Å². The van der Waals surface area contributed by atoms with Crippen LogP contribution in [0.15, 0.2) is 36.7 Å². The van der Waals surface area contributed by atoms with Crippen LogP contribution in [0.2, 0.25) is 0 Å². The van der Waals surface area contributed by atoms with Gasteiger partial charge in [-0.3, -0.25) is 4.98 Å². The van der Waals surface area contributed by atoms with Gasteiger partial charge in [-0.1, -0.05) is 6.07 Å². The number of ether oxygens (including phenoxy) is 1. The highest BCUT2D eigenvalue weighted by Crippen LogP contribution is 2.25. The fourth-order valence-electron chi connectivity index (χ4n) is 2.41. The van der Waals surface area contributed by atoms with Gasteiger partial charge in [0, 0.05) is 24.4 Å². The Morgan fingerprint density at radius 3 is 2.86 bits per heavy atom. The van der Waals surface area contributed by atoms with Gasteiger partial charge in [-0.2, -0.15) is 0 Å². The van der Waals surface area contributed by atoms with Gasteiger partial charge in [0.2, 0.25) is 0 Å². The molecule has 1 fully saturated rings. The van der Waals surface area contributed by atoms with E-state index in [4.69, 9.17) is 9.84 Å². The fourth-order valence-corrected chi connectivity index (χ4v) is 2.41. The summed E-state index contributed by atoms with van der Waals surface area (Å²) in [6, 6.07) is 7.21. The molecular formula is C17H19FN2O2. The Bertz CT molecular complexity index is 644. The lowest BCUT2D eigenvalue weighted by molar-refractivity contribution is 0.217. The van der Waals surface area contributed by atoms with Gasteiger partial charge < -0.3 is 15.2 Å². The number of aliphatic hydroxyl groups is 1. The van der Waals surface area contributed by atoms with E-state index in [1.165, 1.54) is 6.07 Å². The minimum Gasteiger partial charge on any atom is -0.490 e. The predicted octanol–water partition coefficient (Wildman–Crippen LogP) is 2.16. The van der Waals surface area contributed by atoms with Gasteiger partial charge in [0.15, 0.2) is 0 Å². The van der Waals surface area contributed by atoms with Crippen molar-refractivity contribution in [2.45, 2.75) is 18.9 Å². The third kappa shape index (κ3) is 3.43. The molecule has 0 bridgehead atoms. The molecular weight excluding hydrogens is 283 g/mol. The van der Waals surface area contributed by atoms with Crippen molar-refractivity contribution in [1.82, 2.24) is 10.3 Å². The van der Waals surface area contributed by atoms with Gasteiger partial charge in [-0.05, 0) is 48.7 Å². The highest BCUT2D eigenvalue weighted by Gasteiger charge is 2.16. The summed E-state index contributed by atoms with van der Waals surface area (Å²) < 4.78 is 19.4. The maximum atomic E-state index is 13.6. The summed E-state index contributed by atoms with van der Waals surface area (Å²) >= 11 is 0. The molecule has 1 aliphatic rings. The second-order valence-electron chi connectivity index (χ2n) is 5.44. The van der Waals surface area contributed by atoms with Gasteiger partial charge in [-0.25, -0.2) is 4.39 Å². The molecule has 1 saturated heterocycles. The molecule has 4 nitrogen and oxygen atoms in total. The largest absolute Gasteiger partial charge is 0.490 e. The third-order valence-corrected chi connectivity index (χ3v) is 3.85. The van der Waals surface area contributed by atoms with Gasteiger partial charge in [-0.15, -0.1) is 0 Å². The summed E-state index contributed by atoms with van der Waals surface area (Å²) in [5.74, 6) is 0.411. The van der Waals surface area contributed by atoms with Crippen LogP contribution in [0.5, 0.6) is 5.75 Å². The Morgan fingerprint density at radius 2 is 2.14 bits per heavy atom. The SMILES string of the molecule is OCCc1cc(-c2cncc(OCC3CCN3)c2)ccc1F. The molecule has 2 N–H and O–H groups in total. The molecule has 2 aromatic rings. The van der Waals surface area contributed by atoms with Crippen LogP contribution in [0.4, 0.5) is 4.39 Å². The number of halogens is 1. The minimum absolute atomic E-state index is 0.0733. The van der Waals surface area contributed by atoms with Crippen LogP contribution >= 0.6 is 0 Å². The molecule has 2 heterocycles. The Kier molecular flexibility index (Phi) is 4.65. The molecule has 1 unspecified atom stereocenters. The highest BCUT2D eigenvalue weighted by molar-refractivity contribution is 5.64. The van der Waals surface area contributed by atoms with Crippen molar-refractivity contribution in [3.63, 3.8) is 0 Å². The van der Waals surface area contributed by atoms with Crippen LogP contribution in [0.3, 0.4) is 0 Å². The monoisotopic (exact) mass is 302 g/mol. The Morgan fingerprint density at radius 1 is 1.27 bits per heavy atom. The average molecular weight is 302 g/mol. The van der Waals surface area contributed by atoms with E-state index in [0.717, 1.165) is 24.1 Å². The van der Waals surface area contributed by atoms with Gasteiger partial charge in [0.25, 0.3) is 0 Å². The first kappa shape index (κ1) is 14.9. The molecule has 0 aliphatic carbocycles. The topological polar surface area (TPSA) is 54.4 Å². The molecule has 3 rings (SSSR count). The summed E-state index contributed by atoms with van der Waals surface area (Å²) in [6.07, 6.45) is 4.84. The van der Waals surface area contributed by atoms with Gasteiger partial charge >= 0.3 is 0 Å². The molecule has 1 aliphatic heterocycles. The summed E-state index contributed by atoms with van der Waals surface area (Å²) in [4.78, 5) is 4.19. The zero-order chi connectivity index (χ0) is 15.4. The molecule has 0 amide bonds. The zero-order valence-electron chi connectivity index (χ0n) is 12.3. The van der Waals surface area contributed by atoms with Crippen molar-refractivity contribution in [2.24, 2.45) is 0 Å². The smallest absolute Gasteiger partial charge is 0.138 e. The van der Waals surface area contributed by atoms with Crippen molar-refractivity contribution in [3.8, 4) is 16.9 Å². The van der Waals surface area contributed by atoms with Crippen molar-refractivity contribution in [3.05, 3.63) is 48.0 Å². The van der Waals surface area contributed by atoms with E-state index in [1.54, 1.807) is 24.5 Å². The normalized spacial score (nSPS) is 17.1. The number of hydrogen-bond acceptors (Lipinski definition) is 4. The molecule has 0 spiro atoms. The number of pyridine rings is 1. The lowest BCUT2D eigenvalue weighted by Gasteiger charge is -2.27. The molecule has 116 valence electrons. The number of aromatic nitrogens is 1. The molecule has 22 heavy (non-hydrogen) atoms. The number of benzene rings is 1. The maximum Gasteiger partial charge on any atom is 0.138 e. The van der Waals surface area contributed by atoms with Gasteiger partial charge in [0.05, 0.1) is 6.20 Å². The van der Waals surface area contributed by atoms with Crippen LogP contribution in [0, 0.1) is 5.82 Å². The van der Waals surface area contributed by atoms with Crippen molar-refractivity contribution in [1.29, 1.82) is 0 Å². The van der Waals surface area contributed by atoms with Crippen molar-refractivity contribution < 1.29 is 14.2 Å². The Labute approximate surface area is 129 Å². The predicted molar refractivity (Wildman–Crippen MR) is 82.3 cm³/mol. The van der Waals surface area contributed by atoms with Crippen molar-refractivity contribution in [2.75, 3.05) is 19.8 Å². The number of hydrogen-bond donors (Lipinski definition) is 2. The molecule has 1 atom stereocenters. The van der Waals surface area contributed by atoms with E-state index in [-0.39, 0.29) is 12.4 Å². The summed E-state index contributed by atoms with van der Waals surface area (Å²) in [5.41, 5.74) is 2.24. The fraction of sp³-hybridized carbons (Fsp3) is 0.353. The zero-order valence-corrected chi connectivity index (χ0v) is 12.3. The maximum absolute atomic E-state index is 13.6. The number of nitrogens with one attached hydrogen (secondary N) is 1. The van der Waals surface area contributed by atoms with Crippen LogP contribution in [0.1, 0.15) is 12.0 Å². The van der Waals surface area contributed by atoms with Crippen molar-refractivity contribution >= 4 is 0 Å². The van der Waals surface area contributed by atoms with E-state index < -0.39 is 0 Å². The summed E-state index contributed by atoms with van der Waals surface area (Å²) in [7, 11) is 0. The number of aliphatic hydroxyl groups excluding tert-OH is 1. The standard InChI is InChI=1S/C17H19FN2O2/c18-17-2-1-12(7-13(17)4-6-21)14-8-16(10-19-9-14)22-11-15-3-5-20-15/h1-2,7-10,15,20-21H,3-6,11H2.